The van der Waals surface area contributed by atoms with Gasteiger partial charge in [-0.3, -0.25) is 4.79 Å². The topological polar surface area (TPSA) is 29.1 Å². The molecule has 0 bridgehead atoms. The van der Waals surface area contributed by atoms with Crippen LogP contribution in [0.2, 0.25) is 5.02 Å². The Labute approximate surface area is 136 Å². The molecule has 22 heavy (non-hydrogen) atoms. The molecule has 0 saturated heterocycles. The van der Waals surface area contributed by atoms with Crippen molar-refractivity contribution in [2.75, 3.05) is 6.54 Å². The van der Waals surface area contributed by atoms with E-state index in [4.69, 9.17) is 11.6 Å². The Kier molecular flexibility index (Phi) is 5.79. The number of nitrogens with one attached hydrogen (secondary N) is 1. The van der Waals surface area contributed by atoms with Crippen molar-refractivity contribution >= 4 is 17.5 Å². The molecule has 0 fully saturated rings. The predicted molar refractivity (Wildman–Crippen MR) is 92.2 cm³/mol. The first kappa shape index (κ1) is 16.3. The van der Waals surface area contributed by atoms with Crippen LogP contribution in [0.4, 0.5) is 0 Å². The second kappa shape index (κ2) is 7.81. The summed E-state index contributed by atoms with van der Waals surface area (Å²) in [5, 5.41) is 3.68. The normalized spacial score (nSPS) is 11.7. The summed E-state index contributed by atoms with van der Waals surface area (Å²) < 4.78 is 0. The lowest BCUT2D eigenvalue weighted by atomic mass is 9.92. The molecule has 2 aromatic rings. The third kappa shape index (κ3) is 4.74. The molecule has 0 heterocycles. The smallest absolute Gasteiger partial charge is 0.246 e. The van der Waals surface area contributed by atoms with Crippen molar-refractivity contribution in [1.82, 2.24) is 5.32 Å². The van der Waals surface area contributed by atoms with Gasteiger partial charge in [0.1, 0.15) is 0 Å². The highest BCUT2D eigenvalue weighted by Crippen LogP contribution is 2.21. The van der Waals surface area contributed by atoms with Gasteiger partial charge in [0.25, 0.3) is 0 Å². The summed E-state index contributed by atoms with van der Waals surface area (Å²) >= 11 is 5.94. The van der Waals surface area contributed by atoms with E-state index in [9.17, 15) is 4.79 Å². The van der Waals surface area contributed by atoms with Crippen molar-refractivity contribution in [1.29, 1.82) is 0 Å². The second-order valence-electron chi connectivity index (χ2n) is 5.43. The Morgan fingerprint density at radius 1 is 1.14 bits per heavy atom. The van der Waals surface area contributed by atoms with Crippen molar-refractivity contribution < 1.29 is 4.79 Å². The van der Waals surface area contributed by atoms with Crippen LogP contribution in [-0.2, 0) is 11.2 Å². The van der Waals surface area contributed by atoms with E-state index in [1.807, 2.05) is 42.5 Å². The zero-order valence-electron chi connectivity index (χ0n) is 12.7. The molecule has 0 aliphatic heterocycles. The minimum Gasteiger partial charge on any atom is -0.352 e. The Balaban J connectivity index is 2.13. The number of carbonyl (C=O) groups excluding carboxylic acids is 1. The molecule has 1 unspecified atom stereocenters. The molecule has 114 valence electrons. The fourth-order valence-electron chi connectivity index (χ4n) is 2.30. The fraction of sp³-hybridized carbons (Fsp3) is 0.211. The SMILES string of the molecule is C=C(C)C(=O)NCC(Cc1ccc(Cl)cc1)c1ccccc1. The van der Waals surface area contributed by atoms with Crippen LogP contribution in [0.3, 0.4) is 0 Å². The summed E-state index contributed by atoms with van der Waals surface area (Å²) in [6.45, 7) is 5.97. The minimum atomic E-state index is -0.1000. The highest BCUT2D eigenvalue weighted by atomic mass is 35.5. The molecule has 0 aliphatic carbocycles. The number of halogens is 1. The summed E-state index contributed by atoms with van der Waals surface area (Å²) in [4.78, 5) is 11.7. The van der Waals surface area contributed by atoms with Crippen LogP contribution >= 0.6 is 11.6 Å². The maximum atomic E-state index is 11.7. The molecule has 1 atom stereocenters. The Bertz CT molecular complexity index is 634. The lowest BCUT2D eigenvalue weighted by molar-refractivity contribution is -0.117. The number of amides is 1. The average Bonchev–Trinajstić information content (AvgIpc) is 2.53. The molecule has 1 amide bonds. The summed E-state index contributed by atoms with van der Waals surface area (Å²) in [6.07, 6.45) is 0.845. The van der Waals surface area contributed by atoms with Gasteiger partial charge in [0.2, 0.25) is 5.91 Å². The van der Waals surface area contributed by atoms with E-state index in [0.717, 1.165) is 11.4 Å². The number of hydrogen-bond donors (Lipinski definition) is 1. The average molecular weight is 314 g/mol. The lowest BCUT2D eigenvalue weighted by Crippen LogP contribution is -2.29. The monoisotopic (exact) mass is 313 g/mol. The predicted octanol–water partition coefficient (Wildman–Crippen LogP) is 4.36. The van der Waals surface area contributed by atoms with Gasteiger partial charge in [0.05, 0.1) is 0 Å². The van der Waals surface area contributed by atoms with Gasteiger partial charge < -0.3 is 5.32 Å². The largest absolute Gasteiger partial charge is 0.352 e. The van der Waals surface area contributed by atoms with E-state index in [0.29, 0.717) is 12.1 Å². The summed E-state index contributed by atoms with van der Waals surface area (Å²) in [7, 11) is 0. The second-order valence-corrected chi connectivity index (χ2v) is 5.86. The van der Waals surface area contributed by atoms with Crippen LogP contribution in [0.15, 0.2) is 66.7 Å². The van der Waals surface area contributed by atoms with E-state index in [1.165, 1.54) is 11.1 Å². The zero-order valence-corrected chi connectivity index (χ0v) is 13.4. The third-order valence-corrected chi connectivity index (χ3v) is 3.81. The third-order valence-electron chi connectivity index (χ3n) is 3.56. The molecule has 2 nitrogen and oxygen atoms in total. The number of rotatable bonds is 6. The summed E-state index contributed by atoms with van der Waals surface area (Å²) in [5.41, 5.74) is 2.93. The Morgan fingerprint density at radius 2 is 1.77 bits per heavy atom. The molecule has 0 spiro atoms. The highest BCUT2D eigenvalue weighted by molar-refractivity contribution is 6.30. The van der Waals surface area contributed by atoms with Crippen LogP contribution in [-0.4, -0.2) is 12.5 Å². The molecule has 0 aliphatic rings. The molecule has 0 radical (unpaired) electrons. The first-order chi connectivity index (χ1) is 10.6. The summed E-state index contributed by atoms with van der Waals surface area (Å²) in [5.74, 6) is 0.114. The van der Waals surface area contributed by atoms with Crippen molar-refractivity contribution in [2.24, 2.45) is 0 Å². The molecule has 1 N–H and O–H groups in total. The molecule has 3 heteroatoms. The molecule has 0 saturated carbocycles. The first-order valence-corrected chi connectivity index (χ1v) is 7.67. The van der Waals surface area contributed by atoms with Crippen molar-refractivity contribution in [3.8, 4) is 0 Å². The number of carbonyl (C=O) groups is 1. The van der Waals surface area contributed by atoms with Gasteiger partial charge in [-0.2, -0.15) is 0 Å². The van der Waals surface area contributed by atoms with Crippen LogP contribution in [0.5, 0.6) is 0 Å². The van der Waals surface area contributed by atoms with Gasteiger partial charge in [-0.15, -0.1) is 0 Å². The highest BCUT2D eigenvalue weighted by Gasteiger charge is 2.14. The number of benzene rings is 2. The van der Waals surface area contributed by atoms with Gasteiger partial charge in [-0.1, -0.05) is 60.6 Å². The fourth-order valence-corrected chi connectivity index (χ4v) is 2.43. The Hall–Kier alpha value is -2.06. The standard InChI is InChI=1S/C19H20ClNO/c1-14(2)19(22)21-13-17(16-6-4-3-5-7-16)12-15-8-10-18(20)11-9-15/h3-11,17H,1,12-13H2,2H3,(H,21,22). The van der Waals surface area contributed by atoms with Gasteiger partial charge in [-0.25, -0.2) is 0 Å². The van der Waals surface area contributed by atoms with E-state index < -0.39 is 0 Å². The van der Waals surface area contributed by atoms with Crippen LogP contribution < -0.4 is 5.32 Å². The molecule has 0 aromatic heterocycles. The van der Waals surface area contributed by atoms with Gasteiger partial charge in [-0.05, 0) is 36.6 Å². The molecule has 2 aromatic carbocycles. The Morgan fingerprint density at radius 3 is 2.36 bits per heavy atom. The quantitative estimate of drug-likeness (QED) is 0.789. The van der Waals surface area contributed by atoms with Crippen LogP contribution in [0.1, 0.15) is 24.0 Å². The van der Waals surface area contributed by atoms with E-state index in [-0.39, 0.29) is 11.8 Å². The molecule has 2 rings (SSSR count). The van der Waals surface area contributed by atoms with Gasteiger partial charge in [0.15, 0.2) is 0 Å². The first-order valence-electron chi connectivity index (χ1n) is 7.29. The van der Waals surface area contributed by atoms with Crippen molar-refractivity contribution in [3.63, 3.8) is 0 Å². The summed E-state index contributed by atoms with van der Waals surface area (Å²) in [6, 6.07) is 18.1. The lowest BCUT2D eigenvalue weighted by Gasteiger charge is -2.18. The van der Waals surface area contributed by atoms with Crippen molar-refractivity contribution in [2.45, 2.75) is 19.3 Å². The van der Waals surface area contributed by atoms with Gasteiger partial charge in [0, 0.05) is 23.1 Å². The number of hydrogen-bond acceptors (Lipinski definition) is 1. The van der Waals surface area contributed by atoms with E-state index >= 15 is 0 Å². The molecular weight excluding hydrogens is 294 g/mol. The van der Waals surface area contributed by atoms with Gasteiger partial charge >= 0.3 is 0 Å². The maximum Gasteiger partial charge on any atom is 0.246 e. The maximum absolute atomic E-state index is 11.7. The minimum absolute atomic E-state index is 0.1000. The van der Waals surface area contributed by atoms with Crippen LogP contribution in [0.25, 0.3) is 0 Å². The van der Waals surface area contributed by atoms with Crippen LogP contribution in [0, 0.1) is 0 Å². The zero-order chi connectivity index (χ0) is 15.9. The molecular formula is C19H20ClNO. The van der Waals surface area contributed by atoms with E-state index in [1.54, 1.807) is 6.92 Å². The van der Waals surface area contributed by atoms with E-state index in [2.05, 4.69) is 24.0 Å². The van der Waals surface area contributed by atoms with Crippen molar-refractivity contribution in [3.05, 3.63) is 82.9 Å².